The van der Waals surface area contributed by atoms with Crippen molar-refractivity contribution < 1.29 is 4.92 Å². The minimum Gasteiger partial charge on any atom is -0.357 e. The summed E-state index contributed by atoms with van der Waals surface area (Å²) in [5.41, 5.74) is 0. The van der Waals surface area contributed by atoms with Crippen LogP contribution in [-0.2, 0) is 6.42 Å². The van der Waals surface area contributed by atoms with Gasteiger partial charge in [-0.1, -0.05) is 6.92 Å². The van der Waals surface area contributed by atoms with Crippen molar-refractivity contribution in [2.75, 3.05) is 0 Å². The van der Waals surface area contributed by atoms with E-state index in [4.69, 9.17) is 0 Å². The molecule has 0 spiro atoms. The third-order valence-electron chi connectivity index (χ3n) is 1.08. The molecule has 0 bridgehead atoms. The number of hydrogen-bond donors (Lipinski definition) is 0. The van der Waals surface area contributed by atoms with E-state index in [-0.39, 0.29) is 5.13 Å². The average Bonchev–Trinajstić information content (AvgIpc) is 2.37. The highest BCUT2D eigenvalue weighted by Gasteiger charge is 2.13. The Kier molecular flexibility index (Phi) is 2.48. The minimum atomic E-state index is -0.517. The third-order valence-corrected chi connectivity index (χ3v) is 2.01. The zero-order valence-corrected chi connectivity index (χ0v) is 6.80. The maximum absolute atomic E-state index is 10.1. The first-order chi connectivity index (χ1) is 5.24. The van der Waals surface area contributed by atoms with E-state index in [1.165, 1.54) is 0 Å². The second-order valence-corrected chi connectivity index (χ2v) is 3.03. The Hall–Kier alpha value is -1.04. The molecule has 0 aliphatic heterocycles. The SMILES string of the molecule is CCCc1nnc([N+](=O)[O-])s1. The second kappa shape index (κ2) is 3.38. The summed E-state index contributed by atoms with van der Waals surface area (Å²) in [6, 6.07) is 0. The van der Waals surface area contributed by atoms with Crippen molar-refractivity contribution in [3.8, 4) is 0 Å². The van der Waals surface area contributed by atoms with Gasteiger partial charge in [0.2, 0.25) is 0 Å². The van der Waals surface area contributed by atoms with Gasteiger partial charge in [0.15, 0.2) is 0 Å². The largest absolute Gasteiger partial charge is 0.450 e. The lowest BCUT2D eigenvalue weighted by Gasteiger charge is -1.82. The number of nitro groups is 1. The van der Waals surface area contributed by atoms with Crippen LogP contribution in [0.25, 0.3) is 0 Å². The van der Waals surface area contributed by atoms with Gasteiger partial charge in [-0.15, -0.1) is 0 Å². The molecule has 60 valence electrons. The molecule has 0 radical (unpaired) electrons. The molecule has 1 aromatic rings. The van der Waals surface area contributed by atoms with Gasteiger partial charge < -0.3 is 10.1 Å². The van der Waals surface area contributed by atoms with Crippen molar-refractivity contribution in [1.82, 2.24) is 10.2 Å². The summed E-state index contributed by atoms with van der Waals surface area (Å²) in [5.74, 6) is 0. The summed E-state index contributed by atoms with van der Waals surface area (Å²) in [5, 5.41) is 17.8. The van der Waals surface area contributed by atoms with Crippen LogP contribution in [0.3, 0.4) is 0 Å². The molecule has 0 N–H and O–H groups in total. The molecule has 5 nitrogen and oxygen atoms in total. The predicted octanol–water partition coefficient (Wildman–Crippen LogP) is 1.40. The molecule has 6 heteroatoms. The first kappa shape index (κ1) is 8.06. The van der Waals surface area contributed by atoms with E-state index in [1.54, 1.807) is 0 Å². The highest BCUT2D eigenvalue weighted by atomic mass is 32.1. The fraction of sp³-hybridized carbons (Fsp3) is 0.600. The Balaban J connectivity index is 2.73. The first-order valence-corrected chi connectivity index (χ1v) is 4.02. The lowest BCUT2D eigenvalue weighted by Crippen LogP contribution is -1.85. The standard InChI is InChI=1S/C5H7N3O2S/c1-2-3-4-6-7-5(11-4)8(9)10/h2-3H2,1H3. The summed E-state index contributed by atoms with van der Waals surface area (Å²) in [6.45, 7) is 1.99. The van der Waals surface area contributed by atoms with Gasteiger partial charge in [-0.2, -0.15) is 0 Å². The number of rotatable bonds is 3. The van der Waals surface area contributed by atoms with Crippen LogP contribution < -0.4 is 0 Å². The third kappa shape index (κ3) is 1.94. The summed E-state index contributed by atoms with van der Waals surface area (Å²) in [7, 11) is 0. The Labute approximate surface area is 67.2 Å². The van der Waals surface area contributed by atoms with E-state index in [0.29, 0.717) is 0 Å². The monoisotopic (exact) mass is 173 g/mol. The van der Waals surface area contributed by atoms with Gasteiger partial charge in [0.25, 0.3) is 0 Å². The molecule has 0 atom stereocenters. The van der Waals surface area contributed by atoms with Crippen LogP contribution in [0.15, 0.2) is 0 Å². The summed E-state index contributed by atoms with van der Waals surface area (Å²) in [4.78, 5) is 9.61. The van der Waals surface area contributed by atoms with Gasteiger partial charge >= 0.3 is 5.13 Å². The quantitative estimate of drug-likeness (QED) is 0.511. The molecule has 0 aromatic carbocycles. The van der Waals surface area contributed by atoms with Crippen LogP contribution >= 0.6 is 11.3 Å². The van der Waals surface area contributed by atoms with E-state index in [0.717, 1.165) is 29.2 Å². The molecule has 11 heavy (non-hydrogen) atoms. The molecule has 0 aliphatic carbocycles. The average molecular weight is 173 g/mol. The Morgan fingerprint density at radius 3 is 2.82 bits per heavy atom. The lowest BCUT2D eigenvalue weighted by molar-refractivity contribution is -0.385. The van der Waals surface area contributed by atoms with Crippen molar-refractivity contribution >= 4 is 16.5 Å². The summed E-state index contributed by atoms with van der Waals surface area (Å²) in [6.07, 6.45) is 1.71. The van der Waals surface area contributed by atoms with Crippen molar-refractivity contribution in [2.45, 2.75) is 19.8 Å². The normalized spacial score (nSPS) is 9.91. The molecule has 0 fully saturated rings. The van der Waals surface area contributed by atoms with Crippen molar-refractivity contribution in [3.05, 3.63) is 15.1 Å². The minimum absolute atomic E-state index is 0.117. The molecule has 0 aliphatic rings. The van der Waals surface area contributed by atoms with Gasteiger partial charge in [0.05, 0.1) is 5.10 Å². The lowest BCUT2D eigenvalue weighted by atomic mass is 10.4. The van der Waals surface area contributed by atoms with E-state index < -0.39 is 4.92 Å². The molecule has 0 saturated carbocycles. The van der Waals surface area contributed by atoms with Gasteiger partial charge in [-0.25, -0.2) is 0 Å². The van der Waals surface area contributed by atoms with Crippen molar-refractivity contribution in [3.63, 3.8) is 0 Å². The van der Waals surface area contributed by atoms with E-state index in [1.807, 2.05) is 6.92 Å². The molecule has 0 unspecified atom stereocenters. The van der Waals surface area contributed by atoms with E-state index >= 15 is 0 Å². The summed E-state index contributed by atoms with van der Waals surface area (Å²) >= 11 is 1.04. The maximum atomic E-state index is 10.1. The first-order valence-electron chi connectivity index (χ1n) is 3.20. The number of aromatic nitrogens is 2. The number of aryl methyl sites for hydroxylation is 1. The van der Waals surface area contributed by atoms with Crippen LogP contribution in [0.4, 0.5) is 5.13 Å². The van der Waals surface area contributed by atoms with Crippen LogP contribution in [0.2, 0.25) is 0 Å². The van der Waals surface area contributed by atoms with Crippen LogP contribution in [0, 0.1) is 10.1 Å². The van der Waals surface area contributed by atoms with Gasteiger partial charge in [0.1, 0.15) is 5.01 Å². The Bertz CT molecular complexity index is 260. The summed E-state index contributed by atoms with van der Waals surface area (Å²) < 4.78 is 0. The molecular weight excluding hydrogens is 166 g/mol. The van der Waals surface area contributed by atoms with Crippen molar-refractivity contribution in [2.24, 2.45) is 0 Å². The number of hydrogen-bond acceptors (Lipinski definition) is 5. The van der Waals surface area contributed by atoms with Crippen molar-refractivity contribution in [1.29, 1.82) is 0 Å². The van der Waals surface area contributed by atoms with Crippen LogP contribution in [0.5, 0.6) is 0 Å². The highest BCUT2D eigenvalue weighted by molar-refractivity contribution is 7.14. The number of nitrogens with zero attached hydrogens (tertiary/aromatic N) is 3. The molecule has 1 aromatic heterocycles. The van der Waals surface area contributed by atoms with Gasteiger partial charge in [-0.05, 0) is 27.8 Å². The fourth-order valence-electron chi connectivity index (χ4n) is 0.633. The predicted molar refractivity (Wildman–Crippen MR) is 40.6 cm³/mol. The highest BCUT2D eigenvalue weighted by Crippen LogP contribution is 2.17. The fourth-order valence-corrected chi connectivity index (χ4v) is 1.39. The zero-order valence-electron chi connectivity index (χ0n) is 5.98. The van der Waals surface area contributed by atoms with Crippen LogP contribution in [0.1, 0.15) is 18.4 Å². The Morgan fingerprint density at radius 1 is 1.64 bits per heavy atom. The Morgan fingerprint density at radius 2 is 2.36 bits per heavy atom. The second-order valence-electron chi connectivity index (χ2n) is 1.99. The topological polar surface area (TPSA) is 68.9 Å². The molecular formula is C5H7N3O2S. The molecule has 1 heterocycles. The van der Waals surface area contributed by atoms with Crippen LogP contribution in [-0.4, -0.2) is 15.1 Å². The zero-order chi connectivity index (χ0) is 8.27. The van der Waals surface area contributed by atoms with E-state index in [9.17, 15) is 10.1 Å². The molecule has 1 rings (SSSR count). The van der Waals surface area contributed by atoms with Gasteiger partial charge in [-0.3, -0.25) is 0 Å². The molecule has 0 amide bonds. The maximum Gasteiger partial charge on any atom is 0.450 e. The van der Waals surface area contributed by atoms with E-state index in [2.05, 4.69) is 10.2 Å². The van der Waals surface area contributed by atoms with Gasteiger partial charge in [0, 0.05) is 6.42 Å². The molecule has 0 saturated heterocycles. The smallest absolute Gasteiger partial charge is 0.357 e.